The highest BCUT2D eigenvalue weighted by Gasteiger charge is 2.25. The molecule has 5 aromatic rings. The monoisotopic (exact) mass is 523 g/mol. The number of fused-ring (bicyclic) bond motifs is 4. The molecule has 0 atom stereocenters. The summed E-state index contributed by atoms with van der Waals surface area (Å²) in [4.78, 5) is 32.4. The molecule has 38 heavy (non-hydrogen) atoms. The van der Waals surface area contributed by atoms with Gasteiger partial charge in [0.2, 0.25) is 5.91 Å². The summed E-state index contributed by atoms with van der Waals surface area (Å²) in [6, 6.07) is 14.5. The number of carbonyl (C=O) groups is 1. The molecule has 1 aliphatic rings. The molecule has 192 valence electrons. The SMILES string of the molecule is CN(C)CC=CC(=O)N1CCc2c(sc3ncnc(Nc4ccc5c(ccn5Cc5ccccn5)c4)c23)C1. The smallest absolute Gasteiger partial charge is 0.246 e. The number of benzene rings is 1. The van der Waals surface area contributed by atoms with E-state index in [1.165, 1.54) is 10.4 Å². The first-order valence-electron chi connectivity index (χ1n) is 12.7. The Labute approximate surface area is 225 Å². The minimum atomic E-state index is 0.0580. The number of amides is 1. The summed E-state index contributed by atoms with van der Waals surface area (Å²) >= 11 is 1.65. The third-order valence-corrected chi connectivity index (χ3v) is 7.90. The molecule has 0 radical (unpaired) electrons. The summed E-state index contributed by atoms with van der Waals surface area (Å²) in [5, 5.41) is 5.76. The minimum absolute atomic E-state index is 0.0580. The summed E-state index contributed by atoms with van der Waals surface area (Å²) in [7, 11) is 3.98. The van der Waals surface area contributed by atoms with Crippen molar-refractivity contribution in [3.63, 3.8) is 0 Å². The number of carbonyl (C=O) groups excluding carboxylic acids is 1. The van der Waals surface area contributed by atoms with Crippen molar-refractivity contribution in [2.24, 2.45) is 0 Å². The van der Waals surface area contributed by atoms with Gasteiger partial charge < -0.3 is 19.7 Å². The van der Waals surface area contributed by atoms with E-state index in [2.05, 4.69) is 55.3 Å². The van der Waals surface area contributed by atoms with Crippen LogP contribution in [0.4, 0.5) is 11.5 Å². The van der Waals surface area contributed by atoms with Gasteiger partial charge >= 0.3 is 0 Å². The van der Waals surface area contributed by atoms with Crippen LogP contribution in [0.2, 0.25) is 0 Å². The molecule has 4 aromatic heterocycles. The lowest BCUT2D eigenvalue weighted by atomic mass is 10.0. The summed E-state index contributed by atoms with van der Waals surface area (Å²) < 4.78 is 2.21. The summed E-state index contributed by atoms with van der Waals surface area (Å²) in [6.45, 7) is 2.78. The van der Waals surface area contributed by atoms with Crippen LogP contribution in [-0.2, 0) is 24.3 Å². The van der Waals surface area contributed by atoms with E-state index in [0.717, 1.165) is 57.8 Å². The normalized spacial score (nSPS) is 13.6. The lowest BCUT2D eigenvalue weighted by Gasteiger charge is -2.26. The molecule has 1 aliphatic heterocycles. The van der Waals surface area contributed by atoms with Crippen molar-refractivity contribution in [2.45, 2.75) is 19.5 Å². The molecule has 6 rings (SSSR count). The maximum atomic E-state index is 12.7. The molecule has 1 N–H and O–H groups in total. The summed E-state index contributed by atoms with van der Waals surface area (Å²) in [5.74, 6) is 0.869. The average molecular weight is 524 g/mol. The van der Waals surface area contributed by atoms with Crippen molar-refractivity contribution in [1.82, 2.24) is 29.3 Å². The van der Waals surface area contributed by atoms with Gasteiger partial charge in [-0.15, -0.1) is 11.3 Å². The maximum absolute atomic E-state index is 12.7. The van der Waals surface area contributed by atoms with Crippen molar-refractivity contribution < 1.29 is 4.79 Å². The molecule has 9 heteroatoms. The highest BCUT2D eigenvalue weighted by atomic mass is 32.1. The van der Waals surface area contributed by atoms with Gasteiger partial charge in [0.15, 0.2) is 0 Å². The number of hydrogen-bond acceptors (Lipinski definition) is 7. The fraction of sp³-hybridized carbons (Fsp3) is 0.241. The van der Waals surface area contributed by atoms with Gasteiger partial charge in [-0.1, -0.05) is 12.1 Å². The molecule has 8 nitrogen and oxygen atoms in total. The molecule has 0 fully saturated rings. The van der Waals surface area contributed by atoms with Crippen molar-refractivity contribution in [3.8, 4) is 0 Å². The quantitative estimate of drug-likeness (QED) is 0.308. The predicted molar refractivity (Wildman–Crippen MR) is 153 cm³/mol. The molecule has 0 bridgehead atoms. The second-order valence-corrected chi connectivity index (χ2v) is 10.8. The Hall–Kier alpha value is -4.08. The molecule has 0 unspecified atom stereocenters. The fourth-order valence-electron chi connectivity index (χ4n) is 4.90. The zero-order chi connectivity index (χ0) is 26.1. The highest BCUT2D eigenvalue weighted by molar-refractivity contribution is 7.19. The molecular weight excluding hydrogens is 494 g/mol. The van der Waals surface area contributed by atoms with E-state index in [1.54, 1.807) is 23.7 Å². The molecule has 1 amide bonds. The first-order chi connectivity index (χ1) is 18.5. The zero-order valence-corrected chi connectivity index (χ0v) is 22.3. The number of likely N-dealkylation sites (N-methyl/N-ethyl adjacent to an activating group) is 1. The standard InChI is InChI=1S/C29H29N7OS/c1-34(2)13-5-7-26(37)36-15-11-23-25(18-36)38-29-27(23)28(31-19-32-29)33-21-8-9-24-20(16-21)10-14-35(24)17-22-6-3-4-12-30-22/h3-10,12,14,16,19H,11,13,15,17-18H2,1-2H3,(H,31,32,33). The van der Waals surface area contributed by atoms with Crippen molar-refractivity contribution in [1.29, 1.82) is 0 Å². The molecule has 0 spiro atoms. The molecule has 0 saturated heterocycles. The van der Waals surface area contributed by atoms with Gasteiger partial charge in [0.1, 0.15) is 17.0 Å². The number of nitrogens with zero attached hydrogens (tertiary/aromatic N) is 6. The third-order valence-electron chi connectivity index (χ3n) is 6.77. The summed E-state index contributed by atoms with van der Waals surface area (Å²) in [6.07, 6.45) is 9.93. The van der Waals surface area contributed by atoms with Gasteiger partial charge in [0.25, 0.3) is 0 Å². The third kappa shape index (κ3) is 4.90. The van der Waals surface area contributed by atoms with Gasteiger partial charge in [-0.2, -0.15) is 0 Å². The predicted octanol–water partition coefficient (Wildman–Crippen LogP) is 4.84. The van der Waals surface area contributed by atoms with Gasteiger partial charge in [-0.05, 0) is 62.5 Å². The lowest BCUT2D eigenvalue weighted by molar-refractivity contribution is -0.126. The van der Waals surface area contributed by atoms with Crippen LogP contribution in [-0.4, -0.2) is 62.4 Å². The van der Waals surface area contributed by atoms with Crippen molar-refractivity contribution in [2.75, 3.05) is 32.5 Å². The minimum Gasteiger partial charge on any atom is -0.341 e. The maximum Gasteiger partial charge on any atom is 0.246 e. The Morgan fingerprint density at radius 3 is 2.92 bits per heavy atom. The van der Waals surface area contributed by atoms with Crippen LogP contribution in [0.3, 0.4) is 0 Å². The second kappa shape index (κ2) is 10.4. The molecule has 0 aliphatic carbocycles. The van der Waals surface area contributed by atoms with E-state index in [1.807, 2.05) is 54.4 Å². The van der Waals surface area contributed by atoms with E-state index in [0.29, 0.717) is 13.1 Å². The van der Waals surface area contributed by atoms with Gasteiger partial charge in [0.05, 0.1) is 24.2 Å². The Balaban J connectivity index is 1.23. The van der Waals surface area contributed by atoms with E-state index in [-0.39, 0.29) is 5.91 Å². The fourth-order valence-corrected chi connectivity index (χ4v) is 6.10. The topological polar surface area (TPSA) is 79.2 Å². The van der Waals surface area contributed by atoms with Crippen molar-refractivity contribution in [3.05, 3.63) is 89.5 Å². The van der Waals surface area contributed by atoms with Crippen LogP contribution in [0.15, 0.2) is 73.3 Å². The second-order valence-electron chi connectivity index (χ2n) is 9.74. The van der Waals surface area contributed by atoms with Gasteiger partial charge in [-0.25, -0.2) is 9.97 Å². The molecule has 0 saturated carbocycles. The number of thiophene rings is 1. The van der Waals surface area contributed by atoms with Gasteiger partial charge in [0, 0.05) is 53.0 Å². The number of rotatable bonds is 7. The number of hydrogen-bond donors (Lipinski definition) is 1. The largest absolute Gasteiger partial charge is 0.341 e. The first kappa shape index (κ1) is 24.3. The summed E-state index contributed by atoms with van der Waals surface area (Å²) in [5.41, 5.74) is 4.41. The van der Waals surface area contributed by atoms with E-state index >= 15 is 0 Å². The van der Waals surface area contributed by atoms with Crippen LogP contribution in [0.25, 0.3) is 21.1 Å². The Kier molecular flexibility index (Phi) is 6.61. The first-order valence-corrected chi connectivity index (χ1v) is 13.5. The Morgan fingerprint density at radius 2 is 2.08 bits per heavy atom. The van der Waals surface area contributed by atoms with Crippen LogP contribution in [0.5, 0.6) is 0 Å². The van der Waals surface area contributed by atoms with Gasteiger partial charge in [-0.3, -0.25) is 9.78 Å². The number of anilines is 2. The Morgan fingerprint density at radius 1 is 1.16 bits per heavy atom. The molecule has 1 aromatic carbocycles. The van der Waals surface area contributed by atoms with Crippen molar-refractivity contribution >= 4 is 49.9 Å². The van der Waals surface area contributed by atoms with Crippen LogP contribution in [0.1, 0.15) is 16.1 Å². The number of aromatic nitrogens is 4. The highest BCUT2D eigenvalue weighted by Crippen LogP contribution is 2.38. The lowest BCUT2D eigenvalue weighted by Crippen LogP contribution is -2.34. The van der Waals surface area contributed by atoms with Crippen LogP contribution in [0, 0.1) is 0 Å². The number of nitrogens with one attached hydrogen (secondary N) is 1. The van der Waals surface area contributed by atoms with E-state index < -0.39 is 0 Å². The van der Waals surface area contributed by atoms with Crippen LogP contribution < -0.4 is 5.32 Å². The molecule has 5 heterocycles. The molecular formula is C29H29N7OS. The number of pyridine rings is 1. The van der Waals surface area contributed by atoms with Crippen LogP contribution >= 0.6 is 11.3 Å². The zero-order valence-electron chi connectivity index (χ0n) is 21.5. The Bertz CT molecular complexity index is 1640. The van der Waals surface area contributed by atoms with E-state index in [4.69, 9.17) is 0 Å². The average Bonchev–Trinajstić information content (AvgIpc) is 3.50. The van der Waals surface area contributed by atoms with E-state index in [9.17, 15) is 4.79 Å².